The van der Waals surface area contributed by atoms with Gasteiger partial charge in [0.05, 0.1) is 19.8 Å². The number of aromatic carboxylic acids is 1. The molecule has 0 unspecified atom stereocenters. The Bertz CT molecular complexity index is 1030. The molecule has 0 bridgehead atoms. The number of nitrogens with zero attached hydrogens (tertiary/aromatic N) is 1. The van der Waals surface area contributed by atoms with E-state index in [0.717, 1.165) is 34.6 Å². The number of benzene rings is 2. The summed E-state index contributed by atoms with van der Waals surface area (Å²) in [5.41, 5.74) is 4.95. The number of carboxylic acids is 1. The topological polar surface area (TPSA) is 72.7 Å². The molecule has 0 saturated carbocycles. The molecule has 2 N–H and O–H groups in total. The van der Waals surface area contributed by atoms with Crippen molar-refractivity contribution < 1.29 is 19.4 Å². The van der Waals surface area contributed by atoms with Gasteiger partial charge >= 0.3 is 5.97 Å². The van der Waals surface area contributed by atoms with E-state index in [2.05, 4.69) is 5.32 Å². The number of nitrogens with one attached hydrogen (secondary N) is 1. The molecule has 6 heteroatoms. The summed E-state index contributed by atoms with van der Waals surface area (Å²) in [5, 5.41) is 13.2. The number of carboxylic acid groups (broad SMARTS) is 1. The Morgan fingerprint density at radius 3 is 2.33 bits per heavy atom. The predicted molar refractivity (Wildman–Crippen MR) is 117 cm³/mol. The van der Waals surface area contributed by atoms with Crippen molar-refractivity contribution in [2.45, 2.75) is 26.8 Å². The molecular weight excluding hydrogens is 380 g/mol. The number of ether oxygens (including phenoxy) is 2. The first-order chi connectivity index (χ1) is 14.5. The van der Waals surface area contributed by atoms with Crippen LogP contribution in [-0.4, -0.2) is 36.4 Å². The quantitative estimate of drug-likeness (QED) is 0.521. The SMILES string of the molecule is COc1ccc(CCNCc2c(C(=O)O)c(C)n(-c3ccccc3)c2C)cc1OC. The molecule has 6 nitrogen and oxygen atoms in total. The highest BCUT2D eigenvalue weighted by molar-refractivity contribution is 5.91. The maximum atomic E-state index is 12.0. The number of aromatic nitrogens is 1. The van der Waals surface area contributed by atoms with Crippen molar-refractivity contribution in [1.82, 2.24) is 9.88 Å². The molecule has 2 aromatic carbocycles. The summed E-state index contributed by atoms with van der Waals surface area (Å²) in [4.78, 5) is 12.0. The van der Waals surface area contributed by atoms with E-state index < -0.39 is 5.97 Å². The minimum atomic E-state index is -0.901. The van der Waals surface area contributed by atoms with E-state index in [0.29, 0.717) is 30.2 Å². The second kappa shape index (κ2) is 9.50. The summed E-state index contributed by atoms with van der Waals surface area (Å²) < 4.78 is 12.6. The van der Waals surface area contributed by atoms with Gasteiger partial charge in [-0.2, -0.15) is 0 Å². The molecule has 0 fully saturated rings. The highest BCUT2D eigenvalue weighted by Crippen LogP contribution is 2.28. The minimum Gasteiger partial charge on any atom is -0.493 e. The Kier molecular flexibility index (Phi) is 6.79. The fourth-order valence-electron chi connectivity index (χ4n) is 3.84. The first-order valence-electron chi connectivity index (χ1n) is 9.89. The van der Waals surface area contributed by atoms with Crippen LogP contribution in [0.2, 0.25) is 0 Å². The lowest BCUT2D eigenvalue weighted by atomic mass is 10.1. The zero-order chi connectivity index (χ0) is 21.7. The predicted octanol–water partition coefficient (Wildman–Crippen LogP) is 4.14. The minimum absolute atomic E-state index is 0.370. The highest BCUT2D eigenvalue weighted by atomic mass is 16.5. The van der Waals surface area contributed by atoms with Crippen molar-refractivity contribution in [2.75, 3.05) is 20.8 Å². The molecule has 0 saturated heterocycles. The average Bonchev–Trinajstić information content (AvgIpc) is 3.01. The van der Waals surface area contributed by atoms with Crippen LogP contribution in [0.5, 0.6) is 11.5 Å². The third-order valence-electron chi connectivity index (χ3n) is 5.34. The molecule has 3 aromatic rings. The van der Waals surface area contributed by atoms with Crippen LogP contribution >= 0.6 is 0 Å². The van der Waals surface area contributed by atoms with E-state index in [9.17, 15) is 9.90 Å². The third kappa shape index (κ3) is 4.33. The molecule has 0 radical (unpaired) electrons. The van der Waals surface area contributed by atoms with E-state index >= 15 is 0 Å². The van der Waals surface area contributed by atoms with E-state index in [-0.39, 0.29) is 0 Å². The lowest BCUT2D eigenvalue weighted by Gasteiger charge is -2.11. The molecule has 0 amide bonds. The lowest BCUT2D eigenvalue weighted by molar-refractivity contribution is 0.0695. The summed E-state index contributed by atoms with van der Waals surface area (Å²) in [6.07, 6.45) is 0.792. The number of methoxy groups -OCH3 is 2. The van der Waals surface area contributed by atoms with Crippen LogP contribution in [0.3, 0.4) is 0 Å². The number of carbonyl (C=O) groups is 1. The van der Waals surface area contributed by atoms with Crippen LogP contribution in [-0.2, 0) is 13.0 Å². The van der Waals surface area contributed by atoms with Gasteiger partial charge in [0.1, 0.15) is 0 Å². The van der Waals surface area contributed by atoms with Crippen LogP contribution in [0.1, 0.15) is 32.9 Å². The summed E-state index contributed by atoms with van der Waals surface area (Å²) in [5.74, 6) is 0.505. The second-order valence-electron chi connectivity index (χ2n) is 7.12. The van der Waals surface area contributed by atoms with Gasteiger partial charge in [-0.3, -0.25) is 0 Å². The monoisotopic (exact) mass is 408 g/mol. The van der Waals surface area contributed by atoms with Gasteiger partial charge in [0, 0.05) is 29.2 Å². The van der Waals surface area contributed by atoms with E-state index in [1.807, 2.05) is 66.9 Å². The smallest absolute Gasteiger partial charge is 0.337 e. The zero-order valence-corrected chi connectivity index (χ0v) is 17.9. The molecule has 1 heterocycles. The average molecular weight is 408 g/mol. The number of hydrogen-bond acceptors (Lipinski definition) is 4. The first-order valence-corrected chi connectivity index (χ1v) is 9.89. The summed E-state index contributed by atoms with van der Waals surface area (Å²) >= 11 is 0. The fourth-order valence-corrected chi connectivity index (χ4v) is 3.84. The Labute approximate surface area is 177 Å². The van der Waals surface area contributed by atoms with Gasteiger partial charge in [-0.05, 0) is 56.6 Å². The van der Waals surface area contributed by atoms with Crippen molar-refractivity contribution in [1.29, 1.82) is 0 Å². The third-order valence-corrected chi connectivity index (χ3v) is 5.34. The Hall–Kier alpha value is -3.25. The highest BCUT2D eigenvalue weighted by Gasteiger charge is 2.22. The summed E-state index contributed by atoms with van der Waals surface area (Å²) in [6, 6.07) is 15.7. The molecule has 158 valence electrons. The van der Waals surface area contributed by atoms with E-state index in [1.54, 1.807) is 14.2 Å². The van der Waals surface area contributed by atoms with Crippen molar-refractivity contribution in [3.8, 4) is 17.2 Å². The Morgan fingerprint density at radius 1 is 1.00 bits per heavy atom. The number of rotatable bonds is 9. The zero-order valence-electron chi connectivity index (χ0n) is 17.9. The molecular formula is C24H28N2O4. The van der Waals surface area contributed by atoms with E-state index in [4.69, 9.17) is 9.47 Å². The first kappa shape index (κ1) is 21.5. The van der Waals surface area contributed by atoms with Gasteiger partial charge in [-0.15, -0.1) is 0 Å². The molecule has 0 atom stereocenters. The largest absolute Gasteiger partial charge is 0.493 e. The lowest BCUT2D eigenvalue weighted by Crippen LogP contribution is -2.18. The Balaban J connectivity index is 1.75. The molecule has 0 aliphatic rings. The molecule has 0 aliphatic heterocycles. The number of para-hydroxylation sites is 1. The van der Waals surface area contributed by atoms with Crippen LogP contribution in [0.15, 0.2) is 48.5 Å². The molecule has 30 heavy (non-hydrogen) atoms. The van der Waals surface area contributed by atoms with Gasteiger partial charge in [0.25, 0.3) is 0 Å². The maximum absolute atomic E-state index is 12.0. The molecule has 0 spiro atoms. The van der Waals surface area contributed by atoms with Gasteiger partial charge in [0.2, 0.25) is 0 Å². The summed E-state index contributed by atoms with van der Waals surface area (Å²) in [7, 11) is 3.24. The van der Waals surface area contributed by atoms with Crippen LogP contribution < -0.4 is 14.8 Å². The maximum Gasteiger partial charge on any atom is 0.337 e. The van der Waals surface area contributed by atoms with E-state index in [1.165, 1.54) is 0 Å². The van der Waals surface area contributed by atoms with Gasteiger partial charge in [0.15, 0.2) is 11.5 Å². The second-order valence-corrected chi connectivity index (χ2v) is 7.12. The molecule has 0 aliphatic carbocycles. The van der Waals surface area contributed by atoms with Gasteiger partial charge < -0.3 is 24.5 Å². The van der Waals surface area contributed by atoms with Crippen LogP contribution in [0, 0.1) is 13.8 Å². The van der Waals surface area contributed by atoms with Crippen molar-refractivity contribution in [2.24, 2.45) is 0 Å². The van der Waals surface area contributed by atoms with Crippen LogP contribution in [0.25, 0.3) is 5.69 Å². The van der Waals surface area contributed by atoms with Crippen molar-refractivity contribution in [3.05, 3.63) is 76.6 Å². The van der Waals surface area contributed by atoms with Crippen molar-refractivity contribution >= 4 is 5.97 Å². The fraction of sp³-hybridized carbons (Fsp3) is 0.292. The standard InChI is InChI=1S/C24H28N2O4/c1-16-20(15-25-13-12-18-10-11-21(29-3)22(14-18)30-4)23(24(27)28)17(2)26(16)19-8-6-5-7-9-19/h5-11,14,25H,12-13,15H2,1-4H3,(H,27,28). The van der Waals surface area contributed by atoms with Gasteiger partial charge in [-0.1, -0.05) is 24.3 Å². The Morgan fingerprint density at radius 2 is 1.70 bits per heavy atom. The van der Waals surface area contributed by atoms with Crippen molar-refractivity contribution in [3.63, 3.8) is 0 Å². The number of hydrogen-bond donors (Lipinski definition) is 2. The van der Waals surface area contributed by atoms with Gasteiger partial charge in [-0.25, -0.2) is 4.79 Å². The summed E-state index contributed by atoms with van der Waals surface area (Å²) in [6.45, 7) is 5.03. The van der Waals surface area contributed by atoms with Crippen LogP contribution in [0.4, 0.5) is 0 Å². The molecule has 3 rings (SSSR count). The molecule has 1 aromatic heterocycles. The normalized spacial score (nSPS) is 10.8.